The van der Waals surface area contributed by atoms with Gasteiger partial charge in [0.15, 0.2) is 0 Å². The van der Waals surface area contributed by atoms with Crippen molar-refractivity contribution in [2.24, 2.45) is 5.41 Å². The summed E-state index contributed by atoms with van der Waals surface area (Å²) in [6.07, 6.45) is 0.734. The van der Waals surface area contributed by atoms with E-state index in [1.165, 1.54) is 12.3 Å². The average Bonchev–Trinajstić information content (AvgIpc) is 2.98. The van der Waals surface area contributed by atoms with Gasteiger partial charge in [-0.15, -0.1) is 0 Å². The van der Waals surface area contributed by atoms with Crippen molar-refractivity contribution in [3.8, 4) is 0 Å². The third-order valence-corrected chi connectivity index (χ3v) is 6.15. The number of likely N-dealkylation sites (tertiary alicyclic amines) is 1. The Morgan fingerprint density at radius 2 is 1.96 bits per heavy atom. The zero-order valence-corrected chi connectivity index (χ0v) is 15.2. The first-order chi connectivity index (χ1) is 12.9. The highest BCUT2D eigenvalue weighted by molar-refractivity contribution is 5.86. The van der Waals surface area contributed by atoms with Crippen LogP contribution < -0.4 is 4.90 Å². The molecule has 3 fully saturated rings. The summed E-state index contributed by atoms with van der Waals surface area (Å²) in [5, 5.41) is 0. The van der Waals surface area contributed by atoms with Crippen molar-refractivity contribution in [3.05, 3.63) is 23.9 Å². The van der Waals surface area contributed by atoms with Gasteiger partial charge in [0.05, 0.1) is 11.0 Å². The van der Waals surface area contributed by atoms with E-state index in [0.29, 0.717) is 45.7 Å². The van der Waals surface area contributed by atoms with Gasteiger partial charge in [0, 0.05) is 45.1 Å². The zero-order valence-electron chi connectivity index (χ0n) is 15.2. The maximum Gasteiger partial charge on any atom is 0.419 e. The zero-order chi connectivity index (χ0) is 19.1. The van der Waals surface area contributed by atoms with E-state index in [-0.39, 0.29) is 17.8 Å². The van der Waals surface area contributed by atoms with Gasteiger partial charge in [-0.25, -0.2) is 4.98 Å². The molecule has 4 rings (SSSR count). The maximum atomic E-state index is 13.4. The van der Waals surface area contributed by atoms with Crippen molar-refractivity contribution in [1.29, 1.82) is 0 Å². The second-order valence-corrected chi connectivity index (χ2v) is 7.77. The van der Waals surface area contributed by atoms with Crippen LogP contribution in [0.3, 0.4) is 0 Å². The van der Waals surface area contributed by atoms with Gasteiger partial charge in [-0.05, 0) is 44.2 Å². The van der Waals surface area contributed by atoms with Gasteiger partial charge in [-0.1, -0.05) is 0 Å². The Labute approximate surface area is 156 Å². The highest BCUT2D eigenvalue weighted by atomic mass is 19.4. The van der Waals surface area contributed by atoms with Gasteiger partial charge in [-0.2, -0.15) is 13.2 Å². The number of carbonyl (C=O) groups excluding carboxylic acids is 1. The number of pyridine rings is 1. The molecular formula is C19H24F3N3O2. The average molecular weight is 383 g/mol. The van der Waals surface area contributed by atoms with E-state index in [1.807, 2.05) is 4.90 Å². The predicted molar refractivity (Wildman–Crippen MR) is 93.3 cm³/mol. The van der Waals surface area contributed by atoms with Crippen molar-refractivity contribution in [3.63, 3.8) is 0 Å². The summed E-state index contributed by atoms with van der Waals surface area (Å²) in [6.45, 7) is 2.82. The summed E-state index contributed by atoms with van der Waals surface area (Å²) < 4.78 is 45.6. The predicted octanol–water partition coefficient (Wildman–Crippen LogP) is 3.10. The fourth-order valence-electron chi connectivity index (χ4n) is 4.75. The number of halogens is 3. The molecular weight excluding hydrogens is 359 g/mol. The number of carbonyl (C=O) groups is 1. The fraction of sp³-hybridized carbons (Fsp3) is 0.684. The van der Waals surface area contributed by atoms with Gasteiger partial charge in [-0.3, -0.25) is 4.79 Å². The van der Waals surface area contributed by atoms with Crippen LogP contribution in [0.4, 0.5) is 19.0 Å². The summed E-state index contributed by atoms with van der Waals surface area (Å²) >= 11 is 0. The van der Waals surface area contributed by atoms with E-state index in [1.54, 1.807) is 4.90 Å². The Bertz CT molecular complexity index is 706. The van der Waals surface area contributed by atoms with Crippen molar-refractivity contribution in [2.75, 3.05) is 37.7 Å². The number of anilines is 1. The second-order valence-electron chi connectivity index (χ2n) is 7.77. The number of alkyl halides is 3. The molecule has 1 spiro atoms. The van der Waals surface area contributed by atoms with Gasteiger partial charge in [0.2, 0.25) is 5.91 Å². The Balaban J connectivity index is 1.56. The van der Waals surface area contributed by atoms with Crippen LogP contribution in [0.25, 0.3) is 0 Å². The lowest BCUT2D eigenvalue weighted by Crippen LogP contribution is -2.50. The van der Waals surface area contributed by atoms with Crippen LogP contribution in [-0.2, 0) is 15.7 Å². The molecule has 0 N–H and O–H groups in total. The minimum absolute atomic E-state index is 0.0543. The lowest BCUT2D eigenvalue weighted by Gasteiger charge is -2.41. The summed E-state index contributed by atoms with van der Waals surface area (Å²) in [5.41, 5.74) is -1.31. The van der Waals surface area contributed by atoms with Gasteiger partial charge >= 0.3 is 6.18 Å². The van der Waals surface area contributed by atoms with Crippen LogP contribution in [0.2, 0.25) is 0 Å². The van der Waals surface area contributed by atoms with E-state index in [0.717, 1.165) is 25.3 Å². The molecule has 4 heterocycles. The lowest BCUT2D eigenvalue weighted by molar-refractivity contribution is -0.139. The van der Waals surface area contributed by atoms with Crippen molar-refractivity contribution in [1.82, 2.24) is 9.88 Å². The lowest BCUT2D eigenvalue weighted by atomic mass is 9.78. The first kappa shape index (κ1) is 18.5. The fourth-order valence-corrected chi connectivity index (χ4v) is 4.75. The largest absolute Gasteiger partial charge is 0.419 e. The molecule has 0 radical (unpaired) electrons. The number of nitrogens with zero attached hydrogens (tertiary/aromatic N) is 3. The van der Waals surface area contributed by atoms with Crippen LogP contribution in [0.5, 0.6) is 0 Å². The molecule has 148 valence electrons. The highest BCUT2D eigenvalue weighted by Gasteiger charge is 2.51. The van der Waals surface area contributed by atoms with E-state index < -0.39 is 17.2 Å². The third kappa shape index (κ3) is 3.39. The Kier molecular flexibility index (Phi) is 4.78. The molecule has 0 aromatic carbocycles. The molecule has 1 aromatic heterocycles. The number of piperidine rings is 1. The van der Waals surface area contributed by atoms with Crippen LogP contribution in [-0.4, -0.2) is 54.7 Å². The number of rotatable bonds is 2. The van der Waals surface area contributed by atoms with Crippen molar-refractivity contribution < 1.29 is 22.7 Å². The van der Waals surface area contributed by atoms with Crippen molar-refractivity contribution in [2.45, 2.75) is 44.3 Å². The first-order valence-corrected chi connectivity index (χ1v) is 9.57. The first-order valence-electron chi connectivity index (χ1n) is 9.57. The number of ether oxygens (including phenoxy) is 1. The number of amides is 1. The standard InChI is InChI=1S/C19H24F3N3O2/c20-19(21,22)15-3-1-8-23-16(15)24-9-2-6-18(13-24)7-10-25(17(18)26)14-4-11-27-12-5-14/h1,3,8,14H,2,4-7,9-13H2/t18-/m1/s1. The number of aromatic nitrogens is 1. The molecule has 5 nitrogen and oxygen atoms in total. The van der Waals surface area contributed by atoms with E-state index in [9.17, 15) is 18.0 Å². The minimum atomic E-state index is -4.46. The molecule has 0 saturated carbocycles. The third-order valence-electron chi connectivity index (χ3n) is 6.15. The molecule has 1 amide bonds. The van der Waals surface area contributed by atoms with Gasteiger partial charge < -0.3 is 14.5 Å². The van der Waals surface area contributed by atoms with Crippen LogP contribution in [0, 0.1) is 5.41 Å². The van der Waals surface area contributed by atoms with E-state index in [4.69, 9.17) is 4.74 Å². The molecule has 8 heteroatoms. The molecule has 27 heavy (non-hydrogen) atoms. The number of hydrogen-bond acceptors (Lipinski definition) is 4. The minimum Gasteiger partial charge on any atom is -0.381 e. The second kappa shape index (κ2) is 6.96. The molecule has 1 aromatic rings. The highest BCUT2D eigenvalue weighted by Crippen LogP contribution is 2.44. The number of hydrogen-bond donors (Lipinski definition) is 0. The van der Waals surface area contributed by atoms with Crippen LogP contribution in [0.15, 0.2) is 18.3 Å². The van der Waals surface area contributed by atoms with Crippen molar-refractivity contribution >= 4 is 11.7 Å². The van der Waals surface area contributed by atoms with E-state index in [2.05, 4.69) is 4.98 Å². The van der Waals surface area contributed by atoms with Gasteiger partial charge in [0.25, 0.3) is 0 Å². The van der Waals surface area contributed by atoms with Crippen LogP contribution >= 0.6 is 0 Å². The summed E-state index contributed by atoms with van der Waals surface area (Å²) in [7, 11) is 0. The molecule has 3 saturated heterocycles. The molecule has 0 unspecified atom stereocenters. The molecule has 0 bridgehead atoms. The Morgan fingerprint density at radius 3 is 2.70 bits per heavy atom. The summed E-state index contributed by atoms with van der Waals surface area (Å²) in [4.78, 5) is 20.9. The molecule has 3 aliphatic heterocycles. The smallest absolute Gasteiger partial charge is 0.381 e. The van der Waals surface area contributed by atoms with E-state index >= 15 is 0 Å². The Hall–Kier alpha value is -1.83. The topological polar surface area (TPSA) is 45.7 Å². The maximum absolute atomic E-state index is 13.4. The molecule has 3 aliphatic rings. The van der Waals surface area contributed by atoms with Gasteiger partial charge in [0.1, 0.15) is 5.82 Å². The summed E-state index contributed by atoms with van der Waals surface area (Å²) in [5.74, 6) is 0.0463. The SMILES string of the molecule is O=C1N(C2CCOCC2)CC[C@@]12CCCN(c1ncccc1C(F)(F)F)C2. The summed E-state index contributed by atoms with van der Waals surface area (Å²) in [6, 6.07) is 2.57. The quantitative estimate of drug-likeness (QED) is 0.787. The van der Waals surface area contributed by atoms with Crippen LogP contribution in [0.1, 0.15) is 37.7 Å². The monoisotopic (exact) mass is 383 g/mol. The normalized spacial score (nSPS) is 27.6. The molecule has 0 aliphatic carbocycles. The Morgan fingerprint density at radius 1 is 1.19 bits per heavy atom. The molecule has 1 atom stereocenters.